The summed E-state index contributed by atoms with van der Waals surface area (Å²) in [5.74, 6) is 3.54. The molecule has 8 heteroatoms. The Balaban J connectivity index is 1.58. The second-order valence-electron chi connectivity index (χ2n) is 6.48. The standard InChI is InChI=1S/C21H22N2O3S3/c1-27-10-7-23-16-11-17-18(26-9-8-25-17)12-19(16)29-21(23)22-20(24)14-28-13-15-5-3-2-4-6-15/h2-6,11-12H,7-10,13-14H2,1H3. The Morgan fingerprint density at radius 3 is 2.69 bits per heavy atom. The quantitative estimate of drug-likeness (QED) is 0.545. The normalized spacial score (nSPS) is 13.8. The van der Waals surface area contributed by atoms with Crippen LogP contribution in [0.2, 0.25) is 0 Å². The molecule has 2 heterocycles. The van der Waals surface area contributed by atoms with Crippen LogP contribution in [0.15, 0.2) is 47.5 Å². The van der Waals surface area contributed by atoms with Gasteiger partial charge in [-0.3, -0.25) is 4.79 Å². The zero-order chi connectivity index (χ0) is 20.1. The molecule has 5 nitrogen and oxygen atoms in total. The number of hydrogen-bond donors (Lipinski definition) is 0. The summed E-state index contributed by atoms with van der Waals surface area (Å²) in [5, 5.41) is 0. The maximum Gasteiger partial charge on any atom is 0.258 e. The minimum absolute atomic E-state index is 0.104. The van der Waals surface area contributed by atoms with E-state index in [4.69, 9.17) is 9.47 Å². The largest absolute Gasteiger partial charge is 0.486 e. The van der Waals surface area contributed by atoms with Gasteiger partial charge in [-0.15, -0.1) is 11.8 Å². The van der Waals surface area contributed by atoms with Gasteiger partial charge in [0.05, 0.1) is 16.0 Å². The number of carbonyl (C=O) groups is 1. The van der Waals surface area contributed by atoms with E-state index < -0.39 is 0 Å². The Morgan fingerprint density at radius 2 is 1.93 bits per heavy atom. The first-order valence-corrected chi connectivity index (χ1v) is 12.7. The summed E-state index contributed by atoms with van der Waals surface area (Å²) < 4.78 is 14.6. The van der Waals surface area contributed by atoms with Crippen molar-refractivity contribution in [2.75, 3.05) is 31.0 Å². The molecule has 0 fully saturated rings. The molecule has 0 unspecified atom stereocenters. The Labute approximate surface area is 182 Å². The number of nitrogens with zero attached hydrogens (tertiary/aromatic N) is 2. The van der Waals surface area contributed by atoms with Gasteiger partial charge in [-0.25, -0.2) is 0 Å². The Bertz CT molecular complexity index is 1060. The molecular formula is C21H22N2O3S3. The van der Waals surface area contributed by atoms with Crippen molar-refractivity contribution < 1.29 is 14.3 Å². The van der Waals surface area contributed by atoms with Crippen LogP contribution >= 0.6 is 34.9 Å². The average molecular weight is 447 g/mol. The van der Waals surface area contributed by atoms with Crippen molar-refractivity contribution in [1.29, 1.82) is 0 Å². The molecule has 0 bridgehead atoms. The van der Waals surface area contributed by atoms with E-state index in [1.165, 1.54) is 16.9 Å². The van der Waals surface area contributed by atoms with Gasteiger partial charge in [0.2, 0.25) is 0 Å². The summed E-state index contributed by atoms with van der Waals surface area (Å²) in [5.41, 5.74) is 2.25. The molecule has 2 aromatic carbocycles. The topological polar surface area (TPSA) is 52.8 Å². The van der Waals surface area contributed by atoms with Gasteiger partial charge in [-0.1, -0.05) is 41.7 Å². The number of amides is 1. The predicted octanol–water partition coefficient (Wildman–Crippen LogP) is 4.20. The second kappa shape index (κ2) is 9.73. The van der Waals surface area contributed by atoms with Crippen molar-refractivity contribution >= 4 is 51.0 Å². The van der Waals surface area contributed by atoms with Gasteiger partial charge in [-0.05, 0) is 11.8 Å². The summed E-state index contributed by atoms with van der Waals surface area (Å²) >= 11 is 4.89. The molecule has 0 saturated heterocycles. The third-order valence-electron chi connectivity index (χ3n) is 4.42. The number of aryl methyl sites for hydroxylation is 1. The fourth-order valence-corrected chi connectivity index (χ4v) is 5.28. The van der Waals surface area contributed by atoms with Crippen molar-refractivity contribution in [1.82, 2.24) is 4.57 Å². The minimum Gasteiger partial charge on any atom is -0.486 e. The molecule has 29 heavy (non-hydrogen) atoms. The number of thioether (sulfide) groups is 2. The fourth-order valence-electron chi connectivity index (χ4n) is 3.06. The molecular weight excluding hydrogens is 424 g/mol. The molecule has 4 rings (SSSR count). The van der Waals surface area contributed by atoms with Crippen LogP contribution in [-0.4, -0.2) is 41.4 Å². The Morgan fingerprint density at radius 1 is 1.17 bits per heavy atom. The minimum atomic E-state index is -0.104. The zero-order valence-electron chi connectivity index (χ0n) is 16.1. The first-order chi connectivity index (χ1) is 14.2. The number of fused-ring (bicyclic) bond motifs is 2. The third-order valence-corrected chi connectivity index (χ3v) is 7.04. The second-order valence-corrected chi connectivity index (χ2v) is 9.46. The SMILES string of the molecule is CSCCn1c(=NC(=O)CSCc2ccccc2)sc2cc3c(cc21)OCCO3. The van der Waals surface area contributed by atoms with Crippen LogP contribution in [0.5, 0.6) is 11.5 Å². The van der Waals surface area contributed by atoms with Gasteiger partial charge in [0.25, 0.3) is 5.91 Å². The lowest BCUT2D eigenvalue weighted by molar-refractivity contribution is -0.115. The highest BCUT2D eigenvalue weighted by Crippen LogP contribution is 2.35. The average Bonchev–Trinajstić information content (AvgIpc) is 3.07. The Kier molecular flexibility index (Phi) is 6.84. The van der Waals surface area contributed by atoms with Gasteiger partial charge in [-0.2, -0.15) is 16.8 Å². The maximum absolute atomic E-state index is 12.5. The molecule has 3 aromatic rings. The smallest absolute Gasteiger partial charge is 0.258 e. The molecule has 152 valence electrons. The molecule has 1 aromatic heterocycles. The first kappa shape index (κ1) is 20.4. The highest BCUT2D eigenvalue weighted by molar-refractivity contribution is 7.99. The van der Waals surface area contributed by atoms with E-state index in [9.17, 15) is 4.79 Å². The first-order valence-electron chi connectivity index (χ1n) is 9.36. The summed E-state index contributed by atoms with van der Waals surface area (Å²) in [6.07, 6.45) is 2.08. The Hall–Kier alpha value is -1.90. The van der Waals surface area contributed by atoms with E-state index >= 15 is 0 Å². The number of hydrogen-bond acceptors (Lipinski definition) is 6. The van der Waals surface area contributed by atoms with Gasteiger partial charge in [0, 0.05) is 30.2 Å². The van der Waals surface area contributed by atoms with Crippen molar-refractivity contribution in [3.63, 3.8) is 0 Å². The van der Waals surface area contributed by atoms with Crippen molar-refractivity contribution in [2.24, 2.45) is 4.99 Å². The van der Waals surface area contributed by atoms with Crippen molar-refractivity contribution in [2.45, 2.75) is 12.3 Å². The van der Waals surface area contributed by atoms with E-state index in [1.54, 1.807) is 23.5 Å². The van der Waals surface area contributed by atoms with Crippen LogP contribution < -0.4 is 14.3 Å². The van der Waals surface area contributed by atoms with E-state index in [2.05, 4.69) is 27.9 Å². The van der Waals surface area contributed by atoms with Crippen LogP contribution in [-0.2, 0) is 17.1 Å². The number of aromatic nitrogens is 1. The predicted molar refractivity (Wildman–Crippen MR) is 122 cm³/mol. The summed E-state index contributed by atoms with van der Waals surface area (Å²) in [6, 6.07) is 14.2. The van der Waals surface area contributed by atoms with Crippen LogP contribution in [0, 0.1) is 0 Å². The number of benzene rings is 2. The fraction of sp³-hybridized carbons (Fsp3) is 0.333. The maximum atomic E-state index is 12.5. The lowest BCUT2D eigenvalue weighted by Gasteiger charge is -2.18. The van der Waals surface area contributed by atoms with Crippen LogP contribution in [0.3, 0.4) is 0 Å². The van der Waals surface area contributed by atoms with Gasteiger partial charge >= 0.3 is 0 Å². The molecule has 0 aliphatic carbocycles. The summed E-state index contributed by atoms with van der Waals surface area (Å²) in [7, 11) is 0. The molecule has 0 spiro atoms. The third kappa shape index (κ3) is 4.99. The number of thiazole rings is 1. The molecule has 0 atom stereocenters. The number of carbonyl (C=O) groups excluding carboxylic acids is 1. The van der Waals surface area contributed by atoms with E-state index in [-0.39, 0.29) is 5.91 Å². The van der Waals surface area contributed by atoms with E-state index in [0.717, 1.165) is 44.6 Å². The molecule has 1 aliphatic rings. The van der Waals surface area contributed by atoms with E-state index in [1.807, 2.05) is 30.3 Å². The van der Waals surface area contributed by atoms with Crippen LogP contribution in [0.25, 0.3) is 10.2 Å². The van der Waals surface area contributed by atoms with Gasteiger partial charge in [0.1, 0.15) is 13.2 Å². The molecule has 0 N–H and O–H groups in total. The van der Waals surface area contributed by atoms with E-state index in [0.29, 0.717) is 19.0 Å². The molecule has 0 saturated carbocycles. The van der Waals surface area contributed by atoms with Crippen LogP contribution in [0.1, 0.15) is 5.56 Å². The summed E-state index contributed by atoms with van der Waals surface area (Å²) in [6.45, 7) is 1.91. The summed E-state index contributed by atoms with van der Waals surface area (Å²) in [4.78, 5) is 17.7. The lowest BCUT2D eigenvalue weighted by atomic mass is 10.2. The molecule has 0 radical (unpaired) electrons. The molecule has 1 amide bonds. The number of rotatable bonds is 7. The van der Waals surface area contributed by atoms with Crippen molar-refractivity contribution in [3.05, 3.63) is 52.8 Å². The lowest BCUT2D eigenvalue weighted by Crippen LogP contribution is -2.19. The molecule has 1 aliphatic heterocycles. The highest BCUT2D eigenvalue weighted by Gasteiger charge is 2.16. The van der Waals surface area contributed by atoms with Gasteiger partial charge in [0.15, 0.2) is 16.3 Å². The highest BCUT2D eigenvalue weighted by atomic mass is 32.2. The van der Waals surface area contributed by atoms with Gasteiger partial charge < -0.3 is 14.0 Å². The van der Waals surface area contributed by atoms with Crippen molar-refractivity contribution in [3.8, 4) is 11.5 Å². The van der Waals surface area contributed by atoms with Crippen LogP contribution in [0.4, 0.5) is 0 Å². The zero-order valence-corrected chi connectivity index (χ0v) is 18.6. The number of ether oxygens (including phenoxy) is 2. The monoisotopic (exact) mass is 446 g/mol.